The summed E-state index contributed by atoms with van der Waals surface area (Å²) in [6.45, 7) is 4.92. The third-order valence-electron chi connectivity index (χ3n) is 3.73. The molecule has 96 valence electrons. The molecule has 1 aliphatic rings. The summed E-state index contributed by atoms with van der Waals surface area (Å²) < 4.78 is 10.8. The highest BCUT2D eigenvalue weighted by Crippen LogP contribution is 2.47. The molecule has 3 heteroatoms. The SMILES string of the molecule is COCCC(C)C(O)c1ccc(C2CC2C)o1. The monoisotopic (exact) mass is 238 g/mol. The number of hydrogen-bond acceptors (Lipinski definition) is 3. The molecule has 0 saturated heterocycles. The minimum absolute atomic E-state index is 0.158. The summed E-state index contributed by atoms with van der Waals surface area (Å²) in [5.41, 5.74) is 0. The molecule has 0 aromatic carbocycles. The standard InChI is InChI=1S/C14H22O3/c1-9(6-7-16-3)14(15)13-5-4-12(17-13)11-8-10(11)2/h4-5,9-11,14-15H,6-8H2,1-3H3. The van der Waals surface area contributed by atoms with E-state index in [2.05, 4.69) is 6.92 Å². The van der Waals surface area contributed by atoms with Crippen molar-refractivity contribution in [2.75, 3.05) is 13.7 Å². The second-order valence-electron chi connectivity index (χ2n) is 5.26. The largest absolute Gasteiger partial charge is 0.463 e. The van der Waals surface area contributed by atoms with Gasteiger partial charge in [-0.15, -0.1) is 0 Å². The molecule has 0 aliphatic heterocycles. The Hall–Kier alpha value is -0.800. The van der Waals surface area contributed by atoms with Crippen molar-refractivity contribution < 1.29 is 14.3 Å². The van der Waals surface area contributed by atoms with Gasteiger partial charge in [0.05, 0.1) is 0 Å². The second kappa shape index (κ2) is 5.23. The lowest BCUT2D eigenvalue weighted by Gasteiger charge is -2.16. The van der Waals surface area contributed by atoms with Crippen LogP contribution in [0.1, 0.15) is 50.2 Å². The summed E-state index contributed by atoms with van der Waals surface area (Å²) in [4.78, 5) is 0. The van der Waals surface area contributed by atoms with Crippen LogP contribution in [0.3, 0.4) is 0 Å². The van der Waals surface area contributed by atoms with Gasteiger partial charge in [0.1, 0.15) is 17.6 Å². The van der Waals surface area contributed by atoms with Gasteiger partial charge in [-0.1, -0.05) is 13.8 Å². The third kappa shape index (κ3) is 2.90. The van der Waals surface area contributed by atoms with Crippen LogP contribution in [0, 0.1) is 11.8 Å². The first-order valence-electron chi connectivity index (χ1n) is 6.40. The van der Waals surface area contributed by atoms with Crippen LogP contribution in [0.25, 0.3) is 0 Å². The molecule has 0 spiro atoms. The molecule has 2 rings (SSSR count). The minimum Gasteiger partial charge on any atom is -0.463 e. The lowest BCUT2D eigenvalue weighted by Crippen LogP contribution is -2.10. The first kappa shape index (κ1) is 12.7. The Labute approximate surface area is 103 Å². The number of rotatable bonds is 6. The van der Waals surface area contributed by atoms with Crippen LogP contribution in [0.15, 0.2) is 16.5 Å². The molecule has 1 aliphatic carbocycles. The van der Waals surface area contributed by atoms with Gasteiger partial charge in [0.2, 0.25) is 0 Å². The Morgan fingerprint density at radius 3 is 2.82 bits per heavy atom. The highest BCUT2D eigenvalue weighted by Gasteiger charge is 2.37. The molecule has 1 aromatic heterocycles. The van der Waals surface area contributed by atoms with Gasteiger partial charge in [-0.3, -0.25) is 0 Å². The van der Waals surface area contributed by atoms with Crippen molar-refractivity contribution >= 4 is 0 Å². The first-order valence-corrected chi connectivity index (χ1v) is 6.40. The van der Waals surface area contributed by atoms with Crippen molar-refractivity contribution in [2.24, 2.45) is 11.8 Å². The second-order valence-corrected chi connectivity index (χ2v) is 5.26. The zero-order valence-electron chi connectivity index (χ0n) is 10.8. The van der Waals surface area contributed by atoms with E-state index in [0.29, 0.717) is 18.3 Å². The average molecular weight is 238 g/mol. The minimum atomic E-state index is -0.520. The van der Waals surface area contributed by atoms with E-state index in [9.17, 15) is 5.11 Å². The smallest absolute Gasteiger partial charge is 0.132 e. The van der Waals surface area contributed by atoms with E-state index in [0.717, 1.165) is 18.1 Å². The van der Waals surface area contributed by atoms with E-state index in [1.807, 2.05) is 19.1 Å². The molecular weight excluding hydrogens is 216 g/mol. The molecule has 4 atom stereocenters. The topological polar surface area (TPSA) is 42.6 Å². The first-order chi connectivity index (χ1) is 8.13. The van der Waals surface area contributed by atoms with E-state index in [4.69, 9.17) is 9.15 Å². The Morgan fingerprint density at radius 1 is 1.53 bits per heavy atom. The fourth-order valence-corrected chi connectivity index (χ4v) is 2.19. The Bertz CT molecular complexity index is 358. The van der Waals surface area contributed by atoms with Crippen LogP contribution in [0.5, 0.6) is 0 Å². The number of ether oxygens (including phenoxy) is 1. The van der Waals surface area contributed by atoms with Crippen LogP contribution in [-0.4, -0.2) is 18.8 Å². The normalized spacial score (nSPS) is 26.8. The summed E-state index contributed by atoms with van der Waals surface area (Å²) in [6, 6.07) is 3.92. The predicted molar refractivity (Wildman–Crippen MR) is 65.8 cm³/mol. The number of furan rings is 1. The fraction of sp³-hybridized carbons (Fsp3) is 0.714. The summed E-state index contributed by atoms with van der Waals surface area (Å²) >= 11 is 0. The summed E-state index contributed by atoms with van der Waals surface area (Å²) in [5.74, 6) is 3.20. The molecule has 1 aromatic rings. The average Bonchev–Trinajstić information content (AvgIpc) is 2.87. The van der Waals surface area contributed by atoms with Gasteiger partial charge in [0.15, 0.2) is 0 Å². The number of aliphatic hydroxyl groups excluding tert-OH is 1. The molecule has 1 fully saturated rings. The maximum absolute atomic E-state index is 10.1. The highest BCUT2D eigenvalue weighted by atomic mass is 16.5. The van der Waals surface area contributed by atoms with Crippen LogP contribution >= 0.6 is 0 Å². The van der Waals surface area contributed by atoms with E-state index < -0.39 is 6.10 Å². The molecule has 4 unspecified atom stereocenters. The molecule has 3 nitrogen and oxygen atoms in total. The molecule has 0 bridgehead atoms. The Kier molecular flexibility index (Phi) is 3.89. The van der Waals surface area contributed by atoms with Crippen LogP contribution in [0.2, 0.25) is 0 Å². The van der Waals surface area contributed by atoms with E-state index in [1.54, 1.807) is 7.11 Å². The van der Waals surface area contributed by atoms with Gasteiger partial charge in [-0.2, -0.15) is 0 Å². The van der Waals surface area contributed by atoms with E-state index >= 15 is 0 Å². The molecule has 17 heavy (non-hydrogen) atoms. The number of aliphatic hydroxyl groups is 1. The van der Waals surface area contributed by atoms with E-state index in [1.165, 1.54) is 6.42 Å². The van der Waals surface area contributed by atoms with Gasteiger partial charge in [0.25, 0.3) is 0 Å². The van der Waals surface area contributed by atoms with Crippen LogP contribution in [0.4, 0.5) is 0 Å². The molecular formula is C14H22O3. The molecule has 1 N–H and O–H groups in total. The van der Waals surface area contributed by atoms with E-state index in [-0.39, 0.29) is 5.92 Å². The lowest BCUT2D eigenvalue weighted by atomic mass is 9.99. The van der Waals surface area contributed by atoms with Crippen LogP contribution in [-0.2, 0) is 4.74 Å². The fourth-order valence-electron chi connectivity index (χ4n) is 2.19. The maximum Gasteiger partial charge on any atom is 0.132 e. The molecule has 0 amide bonds. The third-order valence-corrected chi connectivity index (χ3v) is 3.73. The van der Waals surface area contributed by atoms with Crippen molar-refractivity contribution in [3.05, 3.63) is 23.7 Å². The van der Waals surface area contributed by atoms with Crippen molar-refractivity contribution in [1.29, 1.82) is 0 Å². The van der Waals surface area contributed by atoms with Crippen LogP contribution < -0.4 is 0 Å². The van der Waals surface area contributed by atoms with Gasteiger partial charge in [-0.05, 0) is 36.8 Å². The zero-order chi connectivity index (χ0) is 12.4. The maximum atomic E-state index is 10.1. The molecule has 0 radical (unpaired) electrons. The Balaban J connectivity index is 1.94. The van der Waals surface area contributed by atoms with Gasteiger partial charge in [0, 0.05) is 19.6 Å². The van der Waals surface area contributed by atoms with Gasteiger partial charge < -0.3 is 14.3 Å². The molecule has 1 heterocycles. The van der Waals surface area contributed by atoms with Gasteiger partial charge >= 0.3 is 0 Å². The van der Waals surface area contributed by atoms with Crippen molar-refractivity contribution in [2.45, 2.75) is 38.7 Å². The lowest BCUT2D eigenvalue weighted by molar-refractivity contribution is 0.0705. The summed E-state index contributed by atoms with van der Waals surface area (Å²) in [5, 5.41) is 10.1. The number of hydrogen-bond donors (Lipinski definition) is 1. The quantitative estimate of drug-likeness (QED) is 0.828. The highest BCUT2D eigenvalue weighted by molar-refractivity contribution is 5.18. The predicted octanol–water partition coefficient (Wildman–Crippen LogP) is 3.11. The Morgan fingerprint density at radius 2 is 2.24 bits per heavy atom. The van der Waals surface area contributed by atoms with Crippen molar-refractivity contribution in [1.82, 2.24) is 0 Å². The summed E-state index contributed by atoms with van der Waals surface area (Å²) in [7, 11) is 1.68. The summed E-state index contributed by atoms with van der Waals surface area (Å²) in [6.07, 6.45) is 1.53. The van der Waals surface area contributed by atoms with Gasteiger partial charge in [-0.25, -0.2) is 0 Å². The number of methoxy groups -OCH3 is 1. The zero-order valence-corrected chi connectivity index (χ0v) is 10.8. The van der Waals surface area contributed by atoms with Crippen molar-refractivity contribution in [3.63, 3.8) is 0 Å². The van der Waals surface area contributed by atoms with Crippen molar-refractivity contribution in [3.8, 4) is 0 Å². The molecule has 1 saturated carbocycles.